The van der Waals surface area contributed by atoms with Crippen molar-refractivity contribution < 1.29 is 63.1 Å². The monoisotopic (exact) mass is 859 g/mol. The van der Waals surface area contributed by atoms with Gasteiger partial charge in [0.1, 0.15) is 43.2 Å². The van der Waals surface area contributed by atoms with Gasteiger partial charge in [0.05, 0.1) is 6.61 Å². The van der Waals surface area contributed by atoms with Gasteiger partial charge in [0.2, 0.25) is 0 Å². The second-order valence-corrected chi connectivity index (χ2v) is 16.9. The largest absolute Gasteiger partial charge is 0.472 e. The first-order valence-corrected chi connectivity index (χ1v) is 23.9. The minimum Gasteiger partial charge on any atom is -0.462 e. The molecule has 8 atom stereocenters. The summed E-state index contributed by atoms with van der Waals surface area (Å²) in [6.45, 7) is 3.15. The molecule has 1 fully saturated rings. The zero-order valence-electron chi connectivity index (χ0n) is 36.0. The van der Waals surface area contributed by atoms with Crippen LogP contribution in [0.2, 0.25) is 0 Å². The zero-order valence-corrected chi connectivity index (χ0v) is 36.9. The highest BCUT2D eigenvalue weighted by atomic mass is 31.2. The molecule has 6 N–H and O–H groups in total. The van der Waals surface area contributed by atoms with Crippen molar-refractivity contribution in [3.05, 3.63) is 48.6 Å². The number of carbonyl (C=O) groups excluding carboxylic acids is 2. The van der Waals surface area contributed by atoms with E-state index in [1.165, 1.54) is 51.4 Å². The second-order valence-electron chi connectivity index (χ2n) is 15.5. The first-order valence-electron chi connectivity index (χ1n) is 22.4. The van der Waals surface area contributed by atoms with Gasteiger partial charge in [-0.15, -0.1) is 0 Å². The predicted molar refractivity (Wildman–Crippen MR) is 230 cm³/mol. The number of unbranched alkanes of at least 4 members (excludes halogenated alkanes) is 16. The first-order chi connectivity index (χ1) is 28.4. The highest BCUT2D eigenvalue weighted by molar-refractivity contribution is 7.47. The van der Waals surface area contributed by atoms with E-state index in [0.29, 0.717) is 12.8 Å². The van der Waals surface area contributed by atoms with Crippen molar-refractivity contribution in [2.75, 3.05) is 13.2 Å². The second kappa shape index (κ2) is 35.4. The molecule has 0 aromatic heterocycles. The van der Waals surface area contributed by atoms with Crippen LogP contribution in [0.5, 0.6) is 0 Å². The van der Waals surface area contributed by atoms with Gasteiger partial charge in [-0.2, -0.15) is 0 Å². The van der Waals surface area contributed by atoms with Crippen molar-refractivity contribution >= 4 is 19.8 Å². The van der Waals surface area contributed by atoms with Gasteiger partial charge in [0.15, 0.2) is 6.10 Å². The summed E-state index contributed by atoms with van der Waals surface area (Å²) in [7, 11) is -5.12. The van der Waals surface area contributed by atoms with Gasteiger partial charge in [0, 0.05) is 12.8 Å². The van der Waals surface area contributed by atoms with Crippen LogP contribution in [0.25, 0.3) is 0 Å². The van der Waals surface area contributed by atoms with Gasteiger partial charge in [-0.3, -0.25) is 18.6 Å². The number of rotatable bonds is 36. The van der Waals surface area contributed by atoms with Crippen molar-refractivity contribution in [2.24, 2.45) is 0 Å². The Morgan fingerprint density at radius 3 is 1.51 bits per heavy atom. The van der Waals surface area contributed by atoms with Crippen molar-refractivity contribution in [2.45, 2.75) is 211 Å². The third-order valence-corrected chi connectivity index (χ3v) is 11.1. The fourth-order valence-corrected chi connectivity index (χ4v) is 7.50. The van der Waals surface area contributed by atoms with Crippen LogP contribution in [0.4, 0.5) is 0 Å². The lowest BCUT2D eigenvalue weighted by Crippen LogP contribution is -2.64. The van der Waals surface area contributed by atoms with E-state index in [0.717, 1.165) is 77.0 Å². The number of phosphoric acid groups is 1. The van der Waals surface area contributed by atoms with Crippen LogP contribution in [0.3, 0.4) is 0 Å². The van der Waals surface area contributed by atoms with E-state index in [9.17, 15) is 44.6 Å². The molecular weight excluding hydrogens is 779 g/mol. The van der Waals surface area contributed by atoms with Crippen molar-refractivity contribution in [1.82, 2.24) is 0 Å². The molecule has 0 aromatic rings. The van der Waals surface area contributed by atoms with E-state index in [2.05, 4.69) is 62.5 Å². The van der Waals surface area contributed by atoms with Crippen LogP contribution >= 0.6 is 7.82 Å². The van der Waals surface area contributed by atoms with Crippen molar-refractivity contribution in [1.29, 1.82) is 0 Å². The smallest absolute Gasteiger partial charge is 0.462 e. The quantitative estimate of drug-likeness (QED) is 0.0152. The topological polar surface area (TPSA) is 210 Å². The maximum Gasteiger partial charge on any atom is 0.472 e. The van der Waals surface area contributed by atoms with Gasteiger partial charge in [-0.25, -0.2) is 4.57 Å². The number of phosphoric ester groups is 1. The van der Waals surface area contributed by atoms with E-state index in [1.807, 2.05) is 0 Å². The molecule has 59 heavy (non-hydrogen) atoms. The number of ether oxygens (including phenoxy) is 2. The van der Waals surface area contributed by atoms with Gasteiger partial charge in [0.25, 0.3) is 0 Å². The molecular formula is C45H79O13P. The third kappa shape index (κ3) is 28.1. The fourth-order valence-electron chi connectivity index (χ4n) is 6.53. The Kier molecular flexibility index (Phi) is 32.9. The third-order valence-electron chi connectivity index (χ3n) is 10.2. The number of aliphatic hydroxyl groups is 5. The molecule has 0 radical (unpaired) electrons. The molecule has 0 amide bonds. The molecule has 1 aliphatic rings. The summed E-state index contributed by atoms with van der Waals surface area (Å²) in [6, 6.07) is 0. The van der Waals surface area contributed by atoms with Crippen molar-refractivity contribution in [3.63, 3.8) is 0 Å². The summed E-state index contributed by atoms with van der Waals surface area (Å²) < 4.78 is 33.5. The van der Waals surface area contributed by atoms with Gasteiger partial charge < -0.3 is 39.9 Å². The Bertz CT molecular complexity index is 1220. The molecule has 6 unspecified atom stereocenters. The SMILES string of the molecule is CC/C=C/C/C=C/C/C=C/CCCCCCCC(=O)O[C@H](COC(=O)CCCCC/C=C/CCCCCCCCCC)COP(=O)(O)OC1C(O)C(O)C(O)[C@@H](O)C1O. The Morgan fingerprint density at radius 1 is 0.542 bits per heavy atom. The van der Waals surface area contributed by atoms with Crippen LogP contribution in [0.1, 0.15) is 168 Å². The molecule has 0 bridgehead atoms. The summed E-state index contributed by atoms with van der Waals surface area (Å²) >= 11 is 0. The summed E-state index contributed by atoms with van der Waals surface area (Å²) in [6.07, 6.45) is 27.4. The summed E-state index contributed by atoms with van der Waals surface area (Å²) in [5, 5.41) is 50.1. The molecule has 0 spiro atoms. The molecule has 1 saturated carbocycles. The summed E-state index contributed by atoms with van der Waals surface area (Å²) in [4.78, 5) is 35.6. The van der Waals surface area contributed by atoms with Crippen LogP contribution < -0.4 is 0 Å². The number of hydrogen-bond acceptors (Lipinski definition) is 12. The minimum atomic E-state index is -5.12. The van der Waals surface area contributed by atoms with Crippen molar-refractivity contribution in [3.8, 4) is 0 Å². The van der Waals surface area contributed by atoms with Crippen LogP contribution in [-0.2, 0) is 32.7 Å². The molecule has 1 rings (SSSR count). The molecule has 13 nitrogen and oxygen atoms in total. The van der Waals surface area contributed by atoms with E-state index in [4.69, 9.17) is 18.5 Å². The maximum absolute atomic E-state index is 12.8. The van der Waals surface area contributed by atoms with Gasteiger partial charge in [-0.1, -0.05) is 133 Å². The average molecular weight is 859 g/mol. The molecule has 0 saturated heterocycles. The minimum absolute atomic E-state index is 0.0730. The van der Waals surface area contributed by atoms with Gasteiger partial charge >= 0.3 is 19.8 Å². The number of esters is 2. The van der Waals surface area contributed by atoms with Crippen LogP contribution in [0, 0.1) is 0 Å². The standard InChI is InChI=1S/C45H79O13P/c1-3-5-7-9-11-13-15-17-19-21-23-25-27-29-31-33-38(46)55-35-37(36-56-59(53,54)58-45-43(51)41(49)40(48)42(50)44(45)52)57-39(47)34-32-30-28-26-24-22-20-18-16-14-12-10-8-6-4-2/h6,8,12,14,18,20-21,23,37,40-45,48-52H,3-5,7,9-11,13,15-17,19,22,24-36H2,1-2H3,(H,53,54)/b8-6+,14-12+,20-18+,23-21+/t37-,40?,41-,42?,43?,44?,45?/m1/s1. The van der Waals surface area contributed by atoms with E-state index < -0.39 is 75.7 Å². The number of carbonyl (C=O) groups is 2. The fraction of sp³-hybridized carbons (Fsp3) is 0.778. The number of hydrogen-bond donors (Lipinski definition) is 6. The Hall–Kier alpha value is -2.19. The Morgan fingerprint density at radius 2 is 0.966 bits per heavy atom. The number of aliphatic hydroxyl groups excluding tert-OH is 5. The Labute approximate surface area is 354 Å². The van der Waals surface area contributed by atoms with Crippen LogP contribution in [0.15, 0.2) is 48.6 Å². The van der Waals surface area contributed by atoms with E-state index in [1.54, 1.807) is 0 Å². The average Bonchev–Trinajstić information content (AvgIpc) is 3.21. The first kappa shape index (κ1) is 54.8. The molecule has 342 valence electrons. The lowest BCUT2D eigenvalue weighted by Gasteiger charge is -2.41. The van der Waals surface area contributed by atoms with Gasteiger partial charge in [-0.05, 0) is 70.6 Å². The van der Waals surface area contributed by atoms with E-state index in [-0.39, 0.29) is 12.8 Å². The maximum atomic E-state index is 12.8. The number of allylic oxidation sites excluding steroid dienone is 8. The van der Waals surface area contributed by atoms with E-state index >= 15 is 0 Å². The highest BCUT2D eigenvalue weighted by Gasteiger charge is 2.51. The molecule has 14 heteroatoms. The van der Waals surface area contributed by atoms with Crippen LogP contribution in [-0.4, -0.2) is 98.3 Å². The highest BCUT2D eigenvalue weighted by Crippen LogP contribution is 2.47. The normalized spacial score (nSPS) is 22.8. The molecule has 0 aromatic carbocycles. The summed E-state index contributed by atoms with van der Waals surface area (Å²) in [5.74, 6) is -1.14. The lowest BCUT2D eigenvalue weighted by molar-refractivity contribution is -0.220. The predicted octanol–water partition coefficient (Wildman–Crippen LogP) is 8.39. The Balaban J connectivity index is 2.50. The molecule has 1 aliphatic carbocycles. The molecule has 0 aliphatic heterocycles. The zero-order chi connectivity index (χ0) is 43.6. The summed E-state index contributed by atoms with van der Waals surface area (Å²) in [5.41, 5.74) is 0. The lowest BCUT2D eigenvalue weighted by atomic mass is 9.85. The molecule has 0 heterocycles.